The third-order valence-electron chi connectivity index (χ3n) is 2.98. The molecule has 6 heteroatoms. The Balaban J connectivity index is 3.02. The van der Waals surface area contributed by atoms with Gasteiger partial charge in [-0.2, -0.15) is 0 Å². The molecule has 0 aromatic heterocycles. The van der Waals surface area contributed by atoms with Crippen molar-refractivity contribution in [3.05, 3.63) is 23.8 Å². The molecule has 0 aliphatic carbocycles. The van der Waals surface area contributed by atoms with Crippen LogP contribution in [0.25, 0.3) is 0 Å². The number of hydrogen-bond donors (Lipinski definition) is 1. The van der Waals surface area contributed by atoms with Crippen molar-refractivity contribution in [1.29, 1.82) is 0 Å². The third-order valence-corrected chi connectivity index (χ3v) is 4.65. The molecule has 0 heterocycles. The van der Waals surface area contributed by atoms with Gasteiger partial charge >= 0.3 is 0 Å². The van der Waals surface area contributed by atoms with E-state index < -0.39 is 21.5 Å². The molecule has 0 saturated carbocycles. The summed E-state index contributed by atoms with van der Waals surface area (Å²) in [6.07, 6.45) is 0. The van der Waals surface area contributed by atoms with E-state index >= 15 is 0 Å². The predicted octanol–water partition coefficient (Wildman–Crippen LogP) is 1.22. The van der Waals surface area contributed by atoms with Crippen molar-refractivity contribution in [2.24, 2.45) is 0 Å². The summed E-state index contributed by atoms with van der Waals surface area (Å²) in [6, 6.07) is 4.66. The Morgan fingerprint density at radius 3 is 2.42 bits per heavy atom. The highest BCUT2D eigenvalue weighted by Crippen LogP contribution is 2.21. The van der Waals surface area contributed by atoms with Crippen LogP contribution in [-0.2, 0) is 14.6 Å². The molecule has 0 unspecified atom stereocenters. The van der Waals surface area contributed by atoms with Gasteiger partial charge in [-0.3, -0.25) is 4.79 Å². The van der Waals surface area contributed by atoms with Crippen molar-refractivity contribution in [1.82, 2.24) is 4.90 Å². The van der Waals surface area contributed by atoms with E-state index in [-0.39, 0.29) is 16.6 Å². The minimum absolute atomic E-state index is 0.0172. The number of anilines is 1. The standard InChI is InChI=1S/C13H20N2O3S/c1-9(2)15(4)13(16)8-19(17,18)12-6-5-10(3)7-11(12)14/h5-7,9H,8,14H2,1-4H3. The molecule has 0 spiro atoms. The molecule has 1 aromatic carbocycles. The van der Waals surface area contributed by atoms with E-state index in [1.54, 1.807) is 19.2 Å². The zero-order valence-electron chi connectivity index (χ0n) is 11.7. The SMILES string of the molecule is Cc1ccc(S(=O)(=O)CC(=O)N(C)C(C)C)c(N)c1. The molecule has 0 atom stereocenters. The van der Waals surface area contributed by atoms with E-state index in [1.807, 2.05) is 20.8 Å². The van der Waals surface area contributed by atoms with Crippen LogP contribution in [-0.4, -0.2) is 38.1 Å². The van der Waals surface area contributed by atoms with Crippen LogP contribution in [0.2, 0.25) is 0 Å². The summed E-state index contributed by atoms with van der Waals surface area (Å²) in [4.78, 5) is 13.3. The first-order valence-electron chi connectivity index (χ1n) is 5.99. The van der Waals surface area contributed by atoms with Crippen molar-refractivity contribution in [2.45, 2.75) is 31.7 Å². The van der Waals surface area contributed by atoms with Crippen LogP contribution in [0, 0.1) is 6.92 Å². The number of amides is 1. The van der Waals surface area contributed by atoms with E-state index in [9.17, 15) is 13.2 Å². The van der Waals surface area contributed by atoms with Crippen molar-refractivity contribution in [3.63, 3.8) is 0 Å². The van der Waals surface area contributed by atoms with Crippen molar-refractivity contribution in [2.75, 3.05) is 18.5 Å². The lowest BCUT2D eigenvalue weighted by Crippen LogP contribution is -2.37. The summed E-state index contributed by atoms with van der Waals surface area (Å²) in [6.45, 7) is 5.47. The quantitative estimate of drug-likeness (QED) is 0.843. The van der Waals surface area contributed by atoms with Gasteiger partial charge in [0.05, 0.1) is 10.6 Å². The third kappa shape index (κ3) is 3.70. The van der Waals surface area contributed by atoms with E-state index in [0.717, 1.165) is 5.56 Å². The molecule has 1 aromatic rings. The number of benzene rings is 1. The zero-order valence-corrected chi connectivity index (χ0v) is 12.5. The van der Waals surface area contributed by atoms with Crippen molar-refractivity contribution in [3.8, 4) is 0 Å². The van der Waals surface area contributed by atoms with Crippen LogP contribution >= 0.6 is 0 Å². The highest BCUT2D eigenvalue weighted by Gasteiger charge is 2.24. The average molecular weight is 284 g/mol. The lowest BCUT2D eigenvalue weighted by atomic mass is 10.2. The van der Waals surface area contributed by atoms with E-state index in [4.69, 9.17) is 5.73 Å². The normalized spacial score (nSPS) is 11.6. The zero-order chi connectivity index (χ0) is 14.8. The predicted molar refractivity (Wildman–Crippen MR) is 75.6 cm³/mol. The first kappa shape index (κ1) is 15.5. The second kappa shape index (κ2) is 5.61. The summed E-state index contributed by atoms with van der Waals surface area (Å²) in [5.74, 6) is -0.996. The summed E-state index contributed by atoms with van der Waals surface area (Å²) in [5, 5.41) is 0. The maximum atomic E-state index is 12.2. The highest BCUT2D eigenvalue weighted by atomic mass is 32.2. The Kier molecular flexibility index (Phi) is 4.57. The summed E-state index contributed by atoms with van der Waals surface area (Å²) in [7, 11) is -2.12. The summed E-state index contributed by atoms with van der Waals surface area (Å²) < 4.78 is 24.3. The number of nitrogen functional groups attached to an aromatic ring is 1. The van der Waals surface area contributed by atoms with Crippen molar-refractivity contribution >= 4 is 21.4 Å². The van der Waals surface area contributed by atoms with Crippen molar-refractivity contribution < 1.29 is 13.2 Å². The first-order valence-corrected chi connectivity index (χ1v) is 7.65. The Morgan fingerprint density at radius 2 is 1.95 bits per heavy atom. The van der Waals surface area contributed by atoms with E-state index in [2.05, 4.69) is 0 Å². The van der Waals surface area contributed by atoms with Gasteiger partial charge in [-0.1, -0.05) is 6.07 Å². The molecule has 0 fully saturated rings. The molecule has 0 aliphatic heterocycles. The smallest absolute Gasteiger partial charge is 0.238 e. The molecule has 1 rings (SSSR count). The average Bonchev–Trinajstić information content (AvgIpc) is 2.26. The molecule has 106 valence electrons. The van der Waals surface area contributed by atoms with Crippen LogP contribution in [0.15, 0.2) is 23.1 Å². The largest absolute Gasteiger partial charge is 0.398 e. The topological polar surface area (TPSA) is 80.5 Å². The van der Waals surface area contributed by atoms with Gasteiger partial charge in [-0.15, -0.1) is 0 Å². The Bertz CT molecular complexity index is 580. The molecule has 0 bridgehead atoms. The molecule has 1 amide bonds. The van der Waals surface area contributed by atoms with Crippen LogP contribution in [0.3, 0.4) is 0 Å². The second-order valence-corrected chi connectivity index (χ2v) is 6.86. The molecule has 5 nitrogen and oxygen atoms in total. The van der Waals surface area contributed by atoms with Crippen LogP contribution in [0.5, 0.6) is 0 Å². The highest BCUT2D eigenvalue weighted by molar-refractivity contribution is 7.92. The summed E-state index contributed by atoms with van der Waals surface area (Å²) >= 11 is 0. The minimum atomic E-state index is -3.70. The maximum Gasteiger partial charge on any atom is 0.238 e. The molecule has 2 N–H and O–H groups in total. The molecule has 0 saturated heterocycles. The van der Waals surface area contributed by atoms with Gasteiger partial charge in [-0.25, -0.2) is 8.42 Å². The summed E-state index contributed by atoms with van der Waals surface area (Å²) in [5.41, 5.74) is 6.77. The monoisotopic (exact) mass is 284 g/mol. The lowest BCUT2D eigenvalue weighted by Gasteiger charge is -2.21. The van der Waals surface area contributed by atoms with Gasteiger partial charge in [0, 0.05) is 13.1 Å². The van der Waals surface area contributed by atoms with Gasteiger partial charge in [-0.05, 0) is 38.5 Å². The van der Waals surface area contributed by atoms with E-state index in [0.29, 0.717) is 0 Å². The molecule has 19 heavy (non-hydrogen) atoms. The number of rotatable bonds is 4. The fourth-order valence-electron chi connectivity index (χ4n) is 1.58. The Labute approximate surface area is 114 Å². The van der Waals surface area contributed by atoms with Gasteiger partial charge in [0.25, 0.3) is 0 Å². The van der Waals surface area contributed by atoms with Gasteiger partial charge in [0.1, 0.15) is 5.75 Å². The first-order chi connectivity index (χ1) is 8.65. The number of aryl methyl sites for hydroxylation is 1. The fourth-order valence-corrected chi connectivity index (χ4v) is 2.96. The van der Waals surface area contributed by atoms with E-state index in [1.165, 1.54) is 11.0 Å². The number of nitrogens with zero attached hydrogens (tertiary/aromatic N) is 1. The molecule has 0 radical (unpaired) electrons. The fraction of sp³-hybridized carbons (Fsp3) is 0.462. The minimum Gasteiger partial charge on any atom is -0.398 e. The number of carbonyl (C=O) groups excluding carboxylic acids is 1. The molecular weight excluding hydrogens is 264 g/mol. The number of sulfone groups is 1. The number of hydrogen-bond acceptors (Lipinski definition) is 4. The van der Waals surface area contributed by atoms with Gasteiger partial charge in [0.2, 0.25) is 5.91 Å². The second-order valence-electron chi connectivity index (χ2n) is 4.90. The van der Waals surface area contributed by atoms with Crippen LogP contribution < -0.4 is 5.73 Å². The van der Waals surface area contributed by atoms with Crippen LogP contribution in [0.1, 0.15) is 19.4 Å². The van der Waals surface area contributed by atoms with Crippen LogP contribution in [0.4, 0.5) is 5.69 Å². The molecule has 0 aliphatic rings. The van der Waals surface area contributed by atoms with Gasteiger partial charge < -0.3 is 10.6 Å². The Morgan fingerprint density at radius 1 is 1.37 bits per heavy atom. The lowest BCUT2D eigenvalue weighted by molar-refractivity contribution is -0.128. The number of carbonyl (C=O) groups is 1. The Hall–Kier alpha value is -1.56. The molecular formula is C13H20N2O3S. The number of nitrogens with two attached hydrogens (primary N) is 1. The van der Waals surface area contributed by atoms with Gasteiger partial charge in [0.15, 0.2) is 9.84 Å². The maximum absolute atomic E-state index is 12.2.